The van der Waals surface area contributed by atoms with Crippen LogP contribution >= 0.6 is 0 Å². The fraction of sp³-hybridized carbons (Fsp3) is 0.296. The number of anilines is 2. The normalized spacial score (nSPS) is 11.1. The second-order valence-corrected chi connectivity index (χ2v) is 8.24. The van der Waals surface area contributed by atoms with E-state index >= 15 is 0 Å². The first-order valence-corrected chi connectivity index (χ1v) is 11.8. The molecule has 182 valence electrons. The SMILES string of the molecule is CCN(CC)CCOc1ccc(Nc2ncc3cc(Oc4ccccc4C)c(=O)n(C)c3n2)cc1. The van der Waals surface area contributed by atoms with Crippen LogP contribution in [0.3, 0.4) is 0 Å². The predicted octanol–water partition coefficient (Wildman–Crippen LogP) is 4.89. The summed E-state index contributed by atoms with van der Waals surface area (Å²) in [6, 6.07) is 16.9. The molecule has 0 aliphatic rings. The maximum absolute atomic E-state index is 12.9. The Balaban J connectivity index is 1.47. The van der Waals surface area contributed by atoms with Crippen molar-refractivity contribution in [2.24, 2.45) is 7.05 Å². The molecule has 0 bridgehead atoms. The molecule has 8 heteroatoms. The molecule has 0 aliphatic carbocycles. The van der Waals surface area contributed by atoms with Gasteiger partial charge >= 0.3 is 0 Å². The number of hydrogen-bond acceptors (Lipinski definition) is 7. The number of rotatable bonds is 10. The van der Waals surface area contributed by atoms with Gasteiger partial charge in [0, 0.05) is 30.9 Å². The number of para-hydroxylation sites is 1. The van der Waals surface area contributed by atoms with E-state index in [2.05, 4.69) is 34.0 Å². The number of aromatic nitrogens is 3. The summed E-state index contributed by atoms with van der Waals surface area (Å²) in [7, 11) is 1.68. The standard InChI is InChI=1S/C27H31N5O3/c1-5-32(6-2)15-16-34-22-13-11-21(12-14-22)29-27-28-18-20-17-24(26(33)31(4)25(20)30-27)35-23-10-8-7-9-19(23)3/h7-14,17-18H,5-6,15-16H2,1-4H3,(H,28,29,30). The Kier molecular flexibility index (Phi) is 7.62. The van der Waals surface area contributed by atoms with Crippen molar-refractivity contribution in [2.75, 3.05) is 31.6 Å². The molecule has 0 fully saturated rings. The van der Waals surface area contributed by atoms with E-state index in [0.717, 1.165) is 36.6 Å². The average molecular weight is 474 g/mol. The highest BCUT2D eigenvalue weighted by atomic mass is 16.5. The van der Waals surface area contributed by atoms with Gasteiger partial charge in [0.1, 0.15) is 23.8 Å². The summed E-state index contributed by atoms with van der Waals surface area (Å²) in [5.41, 5.74) is 2.02. The fourth-order valence-electron chi connectivity index (χ4n) is 3.74. The van der Waals surface area contributed by atoms with Crippen LogP contribution in [-0.2, 0) is 7.05 Å². The minimum Gasteiger partial charge on any atom is -0.492 e. The lowest BCUT2D eigenvalue weighted by atomic mass is 10.2. The lowest BCUT2D eigenvalue weighted by molar-refractivity contribution is 0.223. The van der Waals surface area contributed by atoms with Crippen molar-refractivity contribution in [3.63, 3.8) is 0 Å². The molecule has 35 heavy (non-hydrogen) atoms. The number of pyridine rings is 1. The van der Waals surface area contributed by atoms with Crippen LogP contribution in [0.25, 0.3) is 11.0 Å². The second kappa shape index (κ2) is 11.0. The van der Waals surface area contributed by atoms with Gasteiger partial charge in [-0.2, -0.15) is 4.98 Å². The Morgan fingerprint density at radius 3 is 2.49 bits per heavy atom. The number of ether oxygens (including phenoxy) is 2. The van der Waals surface area contributed by atoms with Crippen LogP contribution in [0.2, 0.25) is 0 Å². The minimum atomic E-state index is -0.267. The second-order valence-electron chi connectivity index (χ2n) is 8.24. The van der Waals surface area contributed by atoms with Crippen LogP contribution in [0.5, 0.6) is 17.2 Å². The molecular formula is C27H31N5O3. The van der Waals surface area contributed by atoms with E-state index in [0.29, 0.717) is 29.3 Å². The zero-order chi connectivity index (χ0) is 24.8. The molecule has 2 aromatic heterocycles. The summed E-state index contributed by atoms with van der Waals surface area (Å²) in [6.07, 6.45) is 1.68. The van der Waals surface area contributed by atoms with Gasteiger partial charge in [-0.25, -0.2) is 4.98 Å². The smallest absolute Gasteiger partial charge is 0.294 e. The molecule has 0 aliphatic heterocycles. The van der Waals surface area contributed by atoms with Crippen molar-refractivity contribution in [1.82, 2.24) is 19.4 Å². The summed E-state index contributed by atoms with van der Waals surface area (Å²) in [6.45, 7) is 9.80. The Labute approximate surface area is 205 Å². The van der Waals surface area contributed by atoms with Gasteiger partial charge in [-0.3, -0.25) is 9.36 Å². The molecule has 2 aromatic carbocycles. The van der Waals surface area contributed by atoms with Gasteiger partial charge in [0.25, 0.3) is 5.56 Å². The highest BCUT2D eigenvalue weighted by Crippen LogP contribution is 2.25. The van der Waals surface area contributed by atoms with Crippen molar-refractivity contribution in [2.45, 2.75) is 20.8 Å². The molecule has 2 heterocycles. The van der Waals surface area contributed by atoms with E-state index in [4.69, 9.17) is 9.47 Å². The number of hydrogen-bond donors (Lipinski definition) is 1. The fourth-order valence-corrected chi connectivity index (χ4v) is 3.74. The lowest BCUT2D eigenvalue weighted by Crippen LogP contribution is -2.27. The summed E-state index contributed by atoms with van der Waals surface area (Å²) in [5.74, 6) is 2.08. The first-order valence-electron chi connectivity index (χ1n) is 11.8. The molecule has 0 spiro atoms. The monoisotopic (exact) mass is 473 g/mol. The molecule has 4 aromatic rings. The molecule has 0 atom stereocenters. The van der Waals surface area contributed by atoms with Gasteiger partial charge in [0.15, 0.2) is 5.75 Å². The van der Waals surface area contributed by atoms with Crippen molar-refractivity contribution in [1.29, 1.82) is 0 Å². The van der Waals surface area contributed by atoms with E-state index in [-0.39, 0.29) is 11.3 Å². The van der Waals surface area contributed by atoms with Crippen molar-refractivity contribution < 1.29 is 9.47 Å². The topological polar surface area (TPSA) is 81.5 Å². The highest BCUT2D eigenvalue weighted by molar-refractivity contribution is 5.77. The molecule has 0 saturated carbocycles. The molecule has 8 nitrogen and oxygen atoms in total. The van der Waals surface area contributed by atoms with E-state index in [1.807, 2.05) is 55.5 Å². The van der Waals surface area contributed by atoms with Crippen molar-refractivity contribution >= 4 is 22.7 Å². The number of fused-ring (bicyclic) bond motifs is 1. The summed E-state index contributed by atoms with van der Waals surface area (Å²) in [4.78, 5) is 24.2. The van der Waals surface area contributed by atoms with Gasteiger partial charge in [-0.1, -0.05) is 32.0 Å². The van der Waals surface area contributed by atoms with E-state index in [1.54, 1.807) is 19.3 Å². The van der Waals surface area contributed by atoms with Crippen LogP contribution in [0.15, 0.2) is 65.6 Å². The first-order chi connectivity index (χ1) is 17.0. The minimum absolute atomic E-state index is 0.232. The third-order valence-electron chi connectivity index (χ3n) is 5.91. The van der Waals surface area contributed by atoms with Crippen LogP contribution in [0, 0.1) is 6.92 Å². The molecule has 0 radical (unpaired) electrons. The quantitative estimate of drug-likeness (QED) is 0.351. The van der Waals surface area contributed by atoms with Crippen molar-refractivity contribution in [3.05, 3.63) is 76.7 Å². The maximum atomic E-state index is 12.9. The molecule has 4 rings (SSSR count). The van der Waals surface area contributed by atoms with Gasteiger partial charge in [0.05, 0.1) is 0 Å². The van der Waals surface area contributed by atoms with E-state index in [1.165, 1.54) is 4.57 Å². The van der Waals surface area contributed by atoms with Crippen molar-refractivity contribution in [3.8, 4) is 17.2 Å². The summed E-state index contributed by atoms with van der Waals surface area (Å²) >= 11 is 0. The lowest BCUT2D eigenvalue weighted by Gasteiger charge is -2.18. The number of benzene rings is 2. The first kappa shape index (κ1) is 24.2. The van der Waals surface area contributed by atoms with Crippen LogP contribution < -0.4 is 20.3 Å². The molecule has 0 unspecified atom stereocenters. The highest BCUT2D eigenvalue weighted by Gasteiger charge is 2.12. The predicted molar refractivity (Wildman–Crippen MR) is 139 cm³/mol. The van der Waals surface area contributed by atoms with Gasteiger partial charge < -0.3 is 19.7 Å². The van der Waals surface area contributed by atoms with E-state index < -0.39 is 0 Å². The molecule has 0 amide bonds. The summed E-state index contributed by atoms with van der Waals surface area (Å²) < 4.78 is 13.2. The Morgan fingerprint density at radius 2 is 1.77 bits per heavy atom. The average Bonchev–Trinajstić information content (AvgIpc) is 2.87. The zero-order valence-corrected chi connectivity index (χ0v) is 20.6. The molecule has 0 saturated heterocycles. The third-order valence-corrected chi connectivity index (χ3v) is 5.91. The van der Waals surface area contributed by atoms with Gasteiger partial charge in [0.2, 0.25) is 5.95 Å². The Morgan fingerprint density at radius 1 is 1.03 bits per heavy atom. The number of aryl methyl sites for hydroxylation is 2. The van der Waals surface area contributed by atoms with Crippen LogP contribution in [0.1, 0.15) is 19.4 Å². The Bertz CT molecular complexity index is 1350. The number of nitrogens with one attached hydrogen (secondary N) is 1. The third kappa shape index (κ3) is 5.78. The van der Waals surface area contributed by atoms with Crippen LogP contribution in [0.4, 0.5) is 11.6 Å². The maximum Gasteiger partial charge on any atom is 0.294 e. The zero-order valence-electron chi connectivity index (χ0n) is 20.6. The number of nitrogens with zero attached hydrogens (tertiary/aromatic N) is 4. The Hall–Kier alpha value is -3.91. The van der Waals surface area contributed by atoms with Gasteiger partial charge in [-0.05, 0) is 62.0 Å². The summed E-state index contributed by atoms with van der Waals surface area (Å²) in [5, 5.41) is 3.90. The van der Waals surface area contributed by atoms with Crippen LogP contribution in [-0.4, -0.2) is 45.7 Å². The molecular weight excluding hydrogens is 442 g/mol. The van der Waals surface area contributed by atoms with Gasteiger partial charge in [-0.15, -0.1) is 0 Å². The largest absolute Gasteiger partial charge is 0.492 e. The number of likely N-dealkylation sites (N-methyl/N-ethyl adjacent to an activating group) is 1. The molecule has 1 N–H and O–H groups in total. The van der Waals surface area contributed by atoms with E-state index in [9.17, 15) is 4.79 Å².